The molecule has 0 unspecified atom stereocenters. The molecule has 0 radical (unpaired) electrons. The molecule has 0 aromatic heterocycles. The van der Waals surface area contributed by atoms with Crippen LogP contribution in [0.25, 0.3) is 0 Å². The maximum absolute atomic E-state index is 11.7. The van der Waals surface area contributed by atoms with E-state index in [2.05, 4.69) is 24.5 Å². The Morgan fingerprint density at radius 1 is 0.538 bits per heavy atom. The molecule has 3 nitrogen and oxygen atoms in total. The molecule has 0 saturated heterocycles. The molecule has 0 aromatic carbocycles. The summed E-state index contributed by atoms with van der Waals surface area (Å²) < 4.78 is 0. The van der Waals surface area contributed by atoms with Crippen molar-refractivity contribution >= 4 is 5.91 Å². The molecular weight excluding hydrogens is 320 g/mol. The van der Waals surface area contributed by atoms with E-state index in [9.17, 15) is 4.79 Å². The fourth-order valence-corrected chi connectivity index (χ4v) is 3.26. The first kappa shape index (κ1) is 25.4. The van der Waals surface area contributed by atoms with Crippen LogP contribution in [-0.4, -0.2) is 25.5 Å². The highest BCUT2D eigenvalue weighted by Gasteiger charge is 2.00. The lowest BCUT2D eigenvalue weighted by molar-refractivity contribution is -0.121. The largest absolute Gasteiger partial charge is 0.356 e. The van der Waals surface area contributed by atoms with E-state index in [1.807, 2.05) is 0 Å². The van der Waals surface area contributed by atoms with Gasteiger partial charge in [-0.25, -0.2) is 0 Å². The number of carbonyl (C=O) groups is 1. The Balaban J connectivity index is 3.12. The van der Waals surface area contributed by atoms with Crippen LogP contribution in [-0.2, 0) is 4.79 Å². The quantitative estimate of drug-likeness (QED) is 0.231. The van der Waals surface area contributed by atoms with Crippen LogP contribution in [0.15, 0.2) is 0 Å². The monoisotopic (exact) mass is 368 g/mol. The van der Waals surface area contributed by atoms with Gasteiger partial charge in [0, 0.05) is 13.0 Å². The zero-order valence-electron chi connectivity index (χ0n) is 18.1. The average molecular weight is 369 g/mol. The van der Waals surface area contributed by atoms with Gasteiger partial charge >= 0.3 is 0 Å². The van der Waals surface area contributed by atoms with E-state index in [0.717, 1.165) is 32.5 Å². The van der Waals surface area contributed by atoms with Gasteiger partial charge in [-0.1, -0.05) is 97.3 Å². The van der Waals surface area contributed by atoms with E-state index in [1.54, 1.807) is 0 Å². The van der Waals surface area contributed by atoms with Gasteiger partial charge in [-0.15, -0.1) is 0 Å². The standard InChI is InChI=1S/C23H48N2O/c1-3-5-7-8-9-10-11-12-13-14-15-16-17-19-23(26)25-22-18-21-24-20-6-4-2/h24H,3-22H2,1-2H3,(H,25,26). The number of carbonyl (C=O) groups excluding carboxylic acids is 1. The molecule has 0 bridgehead atoms. The SMILES string of the molecule is CCCCCCCCCCCCCCCC(=O)NCCCNCCCC. The molecule has 0 atom stereocenters. The highest BCUT2D eigenvalue weighted by Crippen LogP contribution is 2.12. The maximum atomic E-state index is 11.7. The van der Waals surface area contributed by atoms with Gasteiger partial charge in [0.1, 0.15) is 0 Å². The van der Waals surface area contributed by atoms with Crippen molar-refractivity contribution in [3.05, 3.63) is 0 Å². The summed E-state index contributed by atoms with van der Waals surface area (Å²) in [6.45, 7) is 7.41. The van der Waals surface area contributed by atoms with Crippen molar-refractivity contribution in [2.75, 3.05) is 19.6 Å². The van der Waals surface area contributed by atoms with Gasteiger partial charge in [-0.05, 0) is 32.4 Å². The minimum Gasteiger partial charge on any atom is -0.356 e. The van der Waals surface area contributed by atoms with E-state index in [0.29, 0.717) is 6.42 Å². The Kier molecular flexibility index (Phi) is 22.0. The smallest absolute Gasteiger partial charge is 0.219 e. The van der Waals surface area contributed by atoms with Crippen LogP contribution in [0.3, 0.4) is 0 Å². The summed E-state index contributed by atoms with van der Waals surface area (Å²) in [6, 6.07) is 0. The third-order valence-corrected chi connectivity index (χ3v) is 5.07. The zero-order chi connectivity index (χ0) is 19.1. The fourth-order valence-electron chi connectivity index (χ4n) is 3.26. The van der Waals surface area contributed by atoms with Crippen LogP contribution < -0.4 is 10.6 Å². The second kappa shape index (κ2) is 22.5. The predicted octanol–water partition coefficient (Wildman–Crippen LogP) is 6.36. The normalized spacial score (nSPS) is 11.0. The summed E-state index contributed by atoms with van der Waals surface area (Å²) in [4.78, 5) is 11.7. The van der Waals surface area contributed by atoms with Crippen molar-refractivity contribution in [2.24, 2.45) is 0 Å². The van der Waals surface area contributed by atoms with Crippen molar-refractivity contribution in [1.29, 1.82) is 0 Å². The van der Waals surface area contributed by atoms with Crippen LogP contribution >= 0.6 is 0 Å². The van der Waals surface area contributed by atoms with Crippen molar-refractivity contribution in [1.82, 2.24) is 10.6 Å². The van der Waals surface area contributed by atoms with Crippen molar-refractivity contribution < 1.29 is 4.79 Å². The third-order valence-electron chi connectivity index (χ3n) is 5.07. The van der Waals surface area contributed by atoms with Gasteiger partial charge in [-0.2, -0.15) is 0 Å². The van der Waals surface area contributed by atoms with Gasteiger partial charge in [0.25, 0.3) is 0 Å². The van der Waals surface area contributed by atoms with E-state index >= 15 is 0 Å². The first-order valence-electron chi connectivity index (χ1n) is 11.8. The Hall–Kier alpha value is -0.570. The number of hydrogen-bond donors (Lipinski definition) is 2. The minimum absolute atomic E-state index is 0.238. The molecule has 26 heavy (non-hydrogen) atoms. The third kappa shape index (κ3) is 21.5. The summed E-state index contributed by atoms with van der Waals surface area (Å²) in [5.74, 6) is 0.238. The molecule has 0 aliphatic heterocycles. The van der Waals surface area contributed by atoms with Crippen LogP contribution in [0.1, 0.15) is 123 Å². The molecule has 0 heterocycles. The Labute approximate surface area is 164 Å². The fraction of sp³-hybridized carbons (Fsp3) is 0.957. The van der Waals surface area contributed by atoms with Gasteiger partial charge < -0.3 is 10.6 Å². The number of nitrogens with one attached hydrogen (secondary N) is 2. The molecule has 1 amide bonds. The number of rotatable bonds is 21. The molecular formula is C23H48N2O. The van der Waals surface area contributed by atoms with E-state index in [-0.39, 0.29) is 5.91 Å². The summed E-state index contributed by atoms with van der Waals surface area (Å²) in [5.41, 5.74) is 0. The minimum atomic E-state index is 0.238. The van der Waals surface area contributed by atoms with E-state index < -0.39 is 0 Å². The van der Waals surface area contributed by atoms with Crippen LogP contribution in [0.2, 0.25) is 0 Å². The molecule has 0 aromatic rings. The Morgan fingerprint density at radius 2 is 1.00 bits per heavy atom. The summed E-state index contributed by atoms with van der Waals surface area (Å²) >= 11 is 0. The average Bonchev–Trinajstić information content (AvgIpc) is 2.64. The molecule has 0 fully saturated rings. The number of hydrogen-bond acceptors (Lipinski definition) is 2. The maximum Gasteiger partial charge on any atom is 0.219 e. The van der Waals surface area contributed by atoms with Crippen molar-refractivity contribution in [3.8, 4) is 0 Å². The molecule has 0 rings (SSSR count). The van der Waals surface area contributed by atoms with Gasteiger partial charge in [0.05, 0.1) is 0 Å². The van der Waals surface area contributed by atoms with Gasteiger partial charge in [-0.3, -0.25) is 4.79 Å². The summed E-state index contributed by atoms with van der Waals surface area (Å²) in [7, 11) is 0. The van der Waals surface area contributed by atoms with Crippen LogP contribution in [0.5, 0.6) is 0 Å². The molecule has 3 heteroatoms. The van der Waals surface area contributed by atoms with Gasteiger partial charge in [0.2, 0.25) is 5.91 Å². The lowest BCUT2D eigenvalue weighted by Crippen LogP contribution is -2.27. The Bertz CT molecular complexity index is 281. The topological polar surface area (TPSA) is 41.1 Å². The van der Waals surface area contributed by atoms with Gasteiger partial charge in [0.15, 0.2) is 0 Å². The summed E-state index contributed by atoms with van der Waals surface area (Å²) in [6.07, 6.45) is 21.8. The molecule has 156 valence electrons. The first-order valence-corrected chi connectivity index (χ1v) is 11.8. The van der Waals surface area contributed by atoms with E-state index in [4.69, 9.17) is 0 Å². The molecule has 2 N–H and O–H groups in total. The second-order valence-corrected chi connectivity index (χ2v) is 7.80. The molecule has 0 aliphatic rings. The lowest BCUT2D eigenvalue weighted by atomic mass is 10.0. The lowest BCUT2D eigenvalue weighted by Gasteiger charge is -2.06. The summed E-state index contributed by atoms with van der Waals surface area (Å²) in [5, 5.41) is 6.44. The molecule has 0 saturated carbocycles. The highest BCUT2D eigenvalue weighted by molar-refractivity contribution is 5.75. The number of unbranched alkanes of at least 4 members (excludes halogenated alkanes) is 13. The molecule has 0 aliphatic carbocycles. The van der Waals surface area contributed by atoms with Crippen molar-refractivity contribution in [3.63, 3.8) is 0 Å². The van der Waals surface area contributed by atoms with Crippen LogP contribution in [0, 0.1) is 0 Å². The predicted molar refractivity (Wildman–Crippen MR) is 116 cm³/mol. The molecule has 0 spiro atoms. The number of amides is 1. The highest BCUT2D eigenvalue weighted by atomic mass is 16.1. The first-order chi connectivity index (χ1) is 12.8. The van der Waals surface area contributed by atoms with E-state index in [1.165, 1.54) is 89.9 Å². The Morgan fingerprint density at radius 3 is 1.54 bits per heavy atom. The zero-order valence-corrected chi connectivity index (χ0v) is 18.1. The van der Waals surface area contributed by atoms with Crippen molar-refractivity contribution in [2.45, 2.75) is 123 Å². The second-order valence-electron chi connectivity index (χ2n) is 7.80. The van der Waals surface area contributed by atoms with Crippen LogP contribution in [0.4, 0.5) is 0 Å².